The first-order chi connectivity index (χ1) is 9.06. The Hall–Kier alpha value is -1.68. The molecule has 100 valence electrons. The summed E-state index contributed by atoms with van der Waals surface area (Å²) in [6.45, 7) is 3.85. The minimum absolute atomic E-state index is 0.0355. The molecule has 1 aromatic carbocycles. The van der Waals surface area contributed by atoms with Gasteiger partial charge in [-0.05, 0) is 37.6 Å². The van der Waals surface area contributed by atoms with Gasteiger partial charge in [0.05, 0.1) is 15.8 Å². The van der Waals surface area contributed by atoms with Crippen LogP contribution in [0.1, 0.15) is 31.7 Å². The maximum absolute atomic E-state index is 11.4. The van der Waals surface area contributed by atoms with Crippen molar-refractivity contribution in [2.45, 2.75) is 31.6 Å². The molecule has 0 amide bonds. The molecule has 19 heavy (non-hydrogen) atoms. The van der Waals surface area contributed by atoms with Gasteiger partial charge in [-0.2, -0.15) is 0 Å². The number of nitro benzene ring substituents is 1. The maximum atomic E-state index is 11.4. The van der Waals surface area contributed by atoms with Gasteiger partial charge in [0.2, 0.25) is 0 Å². The van der Waals surface area contributed by atoms with Gasteiger partial charge in [0, 0.05) is 23.1 Å². The van der Waals surface area contributed by atoms with E-state index in [0.717, 1.165) is 6.42 Å². The van der Waals surface area contributed by atoms with E-state index in [1.54, 1.807) is 24.4 Å². The van der Waals surface area contributed by atoms with Crippen LogP contribution in [0, 0.1) is 10.1 Å². The number of aromatic nitrogens is 1. The average Bonchev–Trinajstić information content (AvgIpc) is 2.38. The SMILES string of the molecule is CCC(c1ccc2ncccc2c1[N+](=O)[O-])C(C)Cl. The molecule has 2 aromatic rings. The Labute approximate surface area is 116 Å². The molecule has 0 radical (unpaired) electrons. The van der Waals surface area contributed by atoms with Crippen molar-refractivity contribution in [1.29, 1.82) is 0 Å². The predicted molar refractivity (Wildman–Crippen MR) is 76.7 cm³/mol. The van der Waals surface area contributed by atoms with Crippen LogP contribution < -0.4 is 0 Å². The Balaban J connectivity index is 2.74. The van der Waals surface area contributed by atoms with E-state index in [0.29, 0.717) is 16.5 Å². The molecule has 0 saturated heterocycles. The van der Waals surface area contributed by atoms with Crippen LogP contribution >= 0.6 is 11.6 Å². The highest BCUT2D eigenvalue weighted by molar-refractivity contribution is 6.21. The fraction of sp³-hybridized carbons (Fsp3) is 0.357. The summed E-state index contributed by atoms with van der Waals surface area (Å²) in [7, 11) is 0. The molecule has 0 spiro atoms. The van der Waals surface area contributed by atoms with E-state index in [-0.39, 0.29) is 21.9 Å². The van der Waals surface area contributed by atoms with Crippen molar-refractivity contribution in [1.82, 2.24) is 4.98 Å². The summed E-state index contributed by atoms with van der Waals surface area (Å²) >= 11 is 6.17. The minimum Gasteiger partial charge on any atom is -0.258 e. The third kappa shape index (κ3) is 2.54. The number of rotatable bonds is 4. The standard InChI is InChI=1S/C14H15ClN2O2/c1-3-10(9(2)15)11-6-7-13-12(5-4-8-16-13)14(11)17(18)19/h4-10H,3H2,1-2H3. The lowest BCUT2D eigenvalue weighted by Crippen LogP contribution is -2.11. The van der Waals surface area contributed by atoms with E-state index in [1.807, 2.05) is 19.9 Å². The van der Waals surface area contributed by atoms with Gasteiger partial charge < -0.3 is 0 Å². The van der Waals surface area contributed by atoms with Gasteiger partial charge in [0.15, 0.2) is 0 Å². The number of benzene rings is 1. The summed E-state index contributed by atoms with van der Waals surface area (Å²) in [5.41, 5.74) is 1.45. The molecule has 5 heteroatoms. The van der Waals surface area contributed by atoms with Crippen LogP contribution in [0.5, 0.6) is 0 Å². The van der Waals surface area contributed by atoms with E-state index < -0.39 is 0 Å². The predicted octanol–water partition coefficient (Wildman–Crippen LogP) is 4.26. The van der Waals surface area contributed by atoms with Crippen molar-refractivity contribution in [3.63, 3.8) is 0 Å². The molecule has 4 nitrogen and oxygen atoms in total. The van der Waals surface area contributed by atoms with Gasteiger partial charge in [-0.15, -0.1) is 11.6 Å². The zero-order valence-corrected chi connectivity index (χ0v) is 11.6. The molecule has 0 bridgehead atoms. The quantitative estimate of drug-likeness (QED) is 0.477. The van der Waals surface area contributed by atoms with Crippen LogP contribution in [0.25, 0.3) is 10.9 Å². The average molecular weight is 279 g/mol. The number of fused-ring (bicyclic) bond motifs is 1. The molecule has 0 N–H and O–H groups in total. The Morgan fingerprint density at radius 1 is 1.42 bits per heavy atom. The zero-order chi connectivity index (χ0) is 14.0. The van der Waals surface area contributed by atoms with Gasteiger partial charge in [0.25, 0.3) is 5.69 Å². The summed E-state index contributed by atoms with van der Waals surface area (Å²) in [6.07, 6.45) is 2.39. The molecule has 0 aliphatic heterocycles. The number of pyridine rings is 1. The number of halogens is 1. The summed E-state index contributed by atoms with van der Waals surface area (Å²) in [5.74, 6) is -0.0355. The second-order valence-electron chi connectivity index (χ2n) is 4.52. The van der Waals surface area contributed by atoms with Crippen molar-refractivity contribution in [3.05, 3.63) is 46.1 Å². The lowest BCUT2D eigenvalue weighted by atomic mass is 9.90. The summed E-state index contributed by atoms with van der Waals surface area (Å²) in [6, 6.07) is 7.04. The van der Waals surface area contributed by atoms with Gasteiger partial charge >= 0.3 is 0 Å². The van der Waals surface area contributed by atoms with E-state index >= 15 is 0 Å². The lowest BCUT2D eigenvalue weighted by Gasteiger charge is -2.18. The molecule has 2 unspecified atom stereocenters. The number of hydrogen-bond acceptors (Lipinski definition) is 3. The Morgan fingerprint density at radius 2 is 2.16 bits per heavy atom. The third-order valence-corrected chi connectivity index (χ3v) is 3.67. The molecule has 2 atom stereocenters. The van der Waals surface area contributed by atoms with Crippen LogP contribution in [0.15, 0.2) is 30.5 Å². The number of alkyl halides is 1. The van der Waals surface area contributed by atoms with Crippen molar-refractivity contribution >= 4 is 28.2 Å². The Morgan fingerprint density at radius 3 is 2.74 bits per heavy atom. The van der Waals surface area contributed by atoms with Crippen LogP contribution in [0.4, 0.5) is 5.69 Å². The number of hydrogen-bond donors (Lipinski definition) is 0. The molecule has 0 aliphatic carbocycles. The monoisotopic (exact) mass is 278 g/mol. The summed E-state index contributed by atoms with van der Waals surface area (Å²) < 4.78 is 0. The Kier molecular flexibility index (Phi) is 4.00. The van der Waals surface area contributed by atoms with Crippen molar-refractivity contribution in [2.24, 2.45) is 0 Å². The molecular weight excluding hydrogens is 264 g/mol. The summed E-state index contributed by atoms with van der Waals surface area (Å²) in [4.78, 5) is 15.2. The van der Waals surface area contributed by atoms with Crippen LogP contribution in [0.2, 0.25) is 0 Å². The third-order valence-electron chi connectivity index (χ3n) is 3.36. The maximum Gasteiger partial charge on any atom is 0.282 e. The van der Waals surface area contributed by atoms with Crippen molar-refractivity contribution < 1.29 is 4.92 Å². The molecule has 0 fully saturated rings. The van der Waals surface area contributed by atoms with E-state index in [9.17, 15) is 10.1 Å². The number of nitrogens with zero attached hydrogens (tertiary/aromatic N) is 2. The summed E-state index contributed by atoms with van der Waals surface area (Å²) in [5, 5.41) is 11.8. The second-order valence-corrected chi connectivity index (χ2v) is 5.21. The van der Waals surface area contributed by atoms with E-state index in [2.05, 4.69) is 4.98 Å². The topological polar surface area (TPSA) is 56.0 Å². The molecule has 0 saturated carbocycles. The first-order valence-electron chi connectivity index (χ1n) is 6.22. The van der Waals surface area contributed by atoms with E-state index in [1.165, 1.54) is 0 Å². The Bertz CT molecular complexity index is 613. The molecule has 1 aromatic heterocycles. The van der Waals surface area contributed by atoms with Gasteiger partial charge in [-0.25, -0.2) is 0 Å². The fourth-order valence-electron chi connectivity index (χ4n) is 2.45. The first-order valence-corrected chi connectivity index (χ1v) is 6.66. The first kappa shape index (κ1) is 13.7. The molecular formula is C14H15ClN2O2. The molecule has 1 heterocycles. The lowest BCUT2D eigenvalue weighted by molar-refractivity contribution is -0.383. The minimum atomic E-state index is -0.332. The van der Waals surface area contributed by atoms with Crippen LogP contribution in [-0.2, 0) is 0 Å². The fourth-order valence-corrected chi connectivity index (χ4v) is 2.76. The highest BCUT2D eigenvalue weighted by atomic mass is 35.5. The molecule has 2 rings (SSSR count). The zero-order valence-electron chi connectivity index (χ0n) is 10.8. The number of nitro groups is 1. The molecule has 0 aliphatic rings. The van der Waals surface area contributed by atoms with Crippen LogP contribution in [0.3, 0.4) is 0 Å². The highest BCUT2D eigenvalue weighted by Crippen LogP contribution is 2.37. The van der Waals surface area contributed by atoms with Crippen molar-refractivity contribution in [2.75, 3.05) is 0 Å². The highest BCUT2D eigenvalue weighted by Gasteiger charge is 2.26. The largest absolute Gasteiger partial charge is 0.282 e. The van der Waals surface area contributed by atoms with Gasteiger partial charge in [0.1, 0.15) is 0 Å². The second kappa shape index (κ2) is 5.53. The van der Waals surface area contributed by atoms with E-state index in [4.69, 9.17) is 11.6 Å². The van der Waals surface area contributed by atoms with Crippen molar-refractivity contribution in [3.8, 4) is 0 Å². The normalized spacial score (nSPS) is 14.3. The van der Waals surface area contributed by atoms with Gasteiger partial charge in [-0.3, -0.25) is 15.1 Å². The van der Waals surface area contributed by atoms with Crippen LogP contribution in [-0.4, -0.2) is 15.3 Å². The smallest absolute Gasteiger partial charge is 0.258 e. The van der Waals surface area contributed by atoms with Gasteiger partial charge in [-0.1, -0.05) is 6.92 Å².